The number of hydrogen-bond acceptors (Lipinski definition) is 2. The average Bonchev–Trinajstić information content (AvgIpc) is 2.68. The van der Waals surface area contributed by atoms with E-state index in [9.17, 15) is 4.39 Å². The quantitative estimate of drug-likeness (QED) is 0.905. The third kappa shape index (κ3) is 2.54. The van der Waals surface area contributed by atoms with Crippen molar-refractivity contribution in [1.82, 2.24) is 4.90 Å². The zero-order valence-corrected chi connectivity index (χ0v) is 12.2. The molecule has 0 saturated heterocycles. The Morgan fingerprint density at radius 2 is 1.84 bits per heavy atom. The van der Waals surface area contributed by atoms with Crippen molar-refractivity contribution in [2.45, 2.75) is 45.2 Å². The lowest BCUT2D eigenvalue weighted by Crippen LogP contribution is -2.57. The summed E-state index contributed by atoms with van der Waals surface area (Å²) in [5, 5.41) is 0. The highest BCUT2D eigenvalue weighted by molar-refractivity contribution is 5.17. The molecule has 3 heteroatoms. The van der Waals surface area contributed by atoms with Crippen LogP contribution in [0.25, 0.3) is 0 Å². The number of nitrogens with two attached hydrogens (primary N) is 1. The summed E-state index contributed by atoms with van der Waals surface area (Å²) < 4.78 is 13.0. The third-order valence-corrected chi connectivity index (χ3v) is 5.05. The smallest absolute Gasteiger partial charge is 0.123 e. The van der Waals surface area contributed by atoms with Crippen molar-refractivity contribution < 1.29 is 4.39 Å². The van der Waals surface area contributed by atoms with E-state index in [4.69, 9.17) is 5.73 Å². The second-order valence-corrected chi connectivity index (χ2v) is 6.46. The molecule has 1 saturated carbocycles. The lowest BCUT2D eigenvalue weighted by molar-refractivity contribution is 0.0276. The first kappa shape index (κ1) is 14.5. The fourth-order valence-corrected chi connectivity index (χ4v) is 3.65. The van der Waals surface area contributed by atoms with Crippen LogP contribution in [-0.2, 0) is 6.54 Å². The van der Waals surface area contributed by atoms with Crippen LogP contribution in [0.2, 0.25) is 0 Å². The highest BCUT2D eigenvalue weighted by Crippen LogP contribution is 2.48. The zero-order chi connectivity index (χ0) is 14.1. The van der Waals surface area contributed by atoms with Crippen molar-refractivity contribution in [3.8, 4) is 0 Å². The van der Waals surface area contributed by atoms with Gasteiger partial charge in [-0.1, -0.05) is 32.4 Å². The molecule has 0 heterocycles. The SMILES string of the molecule is CN(Cc1ccc(F)cc1)C1(CN)CCCC1(C)C. The monoisotopic (exact) mass is 264 g/mol. The van der Waals surface area contributed by atoms with Crippen LogP contribution in [0.5, 0.6) is 0 Å². The van der Waals surface area contributed by atoms with Gasteiger partial charge in [-0.3, -0.25) is 4.90 Å². The molecule has 0 aliphatic heterocycles. The predicted molar refractivity (Wildman–Crippen MR) is 77.3 cm³/mol. The van der Waals surface area contributed by atoms with Crippen molar-refractivity contribution in [3.63, 3.8) is 0 Å². The standard InChI is InChI=1S/C16H25FN2/c1-15(2)9-4-10-16(15,12-18)19(3)11-13-5-7-14(17)8-6-13/h5-8H,4,9-12,18H2,1-3H3. The van der Waals surface area contributed by atoms with E-state index in [1.54, 1.807) is 0 Å². The molecular weight excluding hydrogens is 239 g/mol. The van der Waals surface area contributed by atoms with Gasteiger partial charge in [0.1, 0.15) is 5.82 Å². The number of likely N-dealkylation sites (N-methyl/N-ethyl adjacent to an activating group) is 1. The van der Waals surface area contributed by atoms with Gasteiger partial charge in [0.25, 0.3) is 0 Å². The van der Waals surface area contributed by atoms with Crippen LogP contribution in [0, 0.1) is 11.2 Å². The molecule has 0 bridgehead atoms. The molecule has 2 N–H and O–H groups in total. The highest BCUT2D eigenvalue weighted by atomic mass is 19.1. The summed E-state index contributed by atoms with van der Waals surface area (Å²) in [7, 11) is 2.14. The van der Waals surface area contributed by atoms with E-state index in [1.807, 2.05) is 12.1 Å². The summed E-state index contributed by atoms with van der Waals surface area (Å²) in [6.45, 7) is 6.13. The molecule has 0 aromatic heterocycles. The minimum absolute atomic E-state index is 0.0569. The number of rotatable bonds is 4. The van der Waals surface area contributed by atoms with Gasteiger partial charge in [0.2, 0.25) is 0 Å². The van der Waals surface area contributed by atoms with E-state index >= 15 is 0 Å². The molecule has 1 aliphatic rings. The van der Waals surface area contributed by atoms with Gasteiger partial charge in [-0.25, -0.2) is 4.39 Å². The van der Waals surface area contributed by atoms with Crippen LogP contribution in [-0.4, -0.2) is 24.0 Å². The Labute approximate surface area is 115 Å². The summed E-state index contributed by atoms with van der Waals surface area (Å²) in [6.07, 6.45) is 3.60. The van der Waals surface area contributed by atoms with E-state index in [0.29, 0.717) is 6.54 Å². The van der Waals surface area contributed by atoms with Gasteiger partial charge in [0, 0.05) is 18.6 Å². The fraction of sp³-hybridized carbons (Fsp3) is 0.625. The molecule has 2 nitrogen and oxygen atoms in total. The van der Waals surface area contributed by atoms with E-state index in [0.717, 1.165) is 18.5 Å². The van der Waals surface area contributed by atoms with Crippen LogP contribution in [0.1, 0.15) is 38.7 Å². The molecule has 106 valence electrons. The first-order valence-corrected chi connectivity index (χ1v) is 7.07. The van der Waals surface area contributed by atoms with Gasteiger partial charge in [0.15, 0.2) is 0 Å². The minimum atomic E-state index is -0.180. The van der Waals surface area contributed by atoms with Crippen molar-refractivity contribution >= 4 is 0 Å². The van der Waals surface area contributed by atoms with E-state index < -0.39 is 0 Å². The Morgan fingerprint density at radius 3 is 2.32 bits per heavy atom. The second kappa shape index (κ2) is 5.22. The highest BCUT2D eigenvalue weighted by Gasteiger charge is 2.50. The summed E-state index contributed by atoms with van der Waals surface area (Å²) in [4.78, 5) is 2.37. The maximum atomic E-state index is 13.0. The van der Waals surface area contributed by atoms with Crippen LogP contribution < -0.4 is 5.73 Å². The van der Waals surface area contributed by atoms with Crippen molar-refractivity contribution in [1.29, 1.82) is 0 Å². The molecule has 1 aromatic rings. The van der Waals surface area contributed by atoms with Crippen LogP contribution in [0.4, 0.5) is 4.39 Å². The van der Waals surface area contributed by atoms with Crippen molar-refractivity contribution in [3.05, 3.63) is 35.6 Å². The third-order valence-electron chi connectivity index (χ3n) is 5.05. The fourth-order valence-electron chi connectivity index (χ4n) is 3.65. The summed E-state index contributed by atoms with van der Waals surface area (Å²) in [5.41, 5.74) is 7.55. The summed E-state index contributed by atoms with van der Waals surface area (Å²) >= 11 is 0. The molecule has 1 aliphatic carbocycles. The topological polar surface area (TPSA) is 29.3 Å². The molecule has 0 amide bonds. The molecule has 0 radical (unpaired) electrons. The molecule has 1 atom stereocenters. The Balaban J connectivity index is 2.18. The molecule has 1 unspecified atom stereocenters. The Bertz CT molecular complexity index is 427. The van der Waals surface area contributed by atoms with Crippen LogP contribution in [0.3, 0.4) is 0 Å². The average molecular weight is 264 g/mol. The van der Waals surface area contributed by atoms with Crippen LogP contribution >= 0.6 is 0 Å². The normalized spacial score (nSPS) is 26.0. The molecule has 1 fully saturated rings. The van der Waals surface area contributed by atoms with Gasteiger partial charge < -0.3 is 5.73 Å². The maximum Gasteiger partial charge on any atom is 0.123 e. The lowest BCUT2D eigenvalue weighted by Gasteiger charge is -2.48. The molecule has 2 rings (SSSR count). The Hall–Kier alpha value is -0.930. The van der Waals surface area contributed by atoms with Gasteiger partial charge in [0.05, 0.1) is 0 Å². The van der Waals surface area contributed by atoms with Crippen molar-refractivity contribution in [2.75, 3.05) is 13.6 Å². The minimum Gasteiger partial charge on any atom is -0.329 e. The predicted octanol–water partition coefficient (Wildman–Crippen LogP) is 3.17. The summed E-state index contributed by atoms with van der Waals surface area (Å²) in [6, 6.07) is 6.77. The van der Waals surface area contributed by atoms with Gasteiger partial charge >= 0.3 is 0 Å². The van der Waals surface area contributed by atoms with Crippen LogP contribution in [0.15, 0.2) is 24.3 Å². The second-order valence-electron chi connectivity index (χ2n) is 6.46. The number of nitrogens with zero attached hydrogens (tertiary/aromatic N) is 1. The largest absolute Gasteiger partial charge is 0.329 e. The number of hydrogen-bond donors (Lipinski definition) is 1. The van der Waals surface area contributed by atoms with E-state index in [-0.39, 0.29) is 16.8 Å². The Kier molecular flexibility index (Phi) is 3.98. The maximum absolute atomic E-state index is 13.0. The van der Waals surface area contributed by atoms with E-state index in [1.165, 1.54) is 25.0 Å². The van der Waals surface area contributed by atoms with E-state index in [2.05, 4.69) is 25.8 Å². The molecule has 19 heavy (non-hydrogen) atoms. The molecular formula is C16H25FN2. The first-order chi connectivity index (χ1) is 8.91. The summed E-state index contributed by atoms with van der Waals surface area (Å²) in [5.74, 6) is -0.180. The lowest BCUT2D eigenvalue weighted by atomic mass is 9.73. The molecule has 0 spiro atoms. The van der Waals surface area contributed by atoms with Gasteiger partial charge in [-0.15, -0.1) is 0 Å². The zero-order valence-electron chi connectivity index (χ0n) is 12.2. The Morgan fingerprint density at radius 1 is 1.21 bits per heavy atom. The number of benzene rings is 1. The first-order valence-electron chi connectivity index (χ1n) is 7.07. The molecule has 1 aromatic carbocycles. The van der Waals surface area contributed by atoms with Gasteiger partial charge in [-0.2, -0.15) is 0 Å². The van der Waals surface area contributed by atoms with Crippen molar-refractivity contribution in [2.24, 2.45) is 11.1 Å². The van der Waals surface area contributed by atoms with Gasteiger partial charge in [-0.05, 0) is 43.0 Å². The number of halogens is 1.